The summed E-state index contributed by atoms with van der Waals surface area (Å²) in [6.45, 7) is 0. The molecule has 3 aromatic carbocycles. The number of benzene rings is 3. The average Bonchev–Trinajstić information content (AvgIpc) is 3.18. The Kier molecular flexibility index (Phi) is 4.54. The van der Waals surface area contributed by atoms with Crippen molar-refractivity contribution >= 4 is 15.9 Å². The Morgan fingerprint density at radius 1 is 0.731 bits per heavy atom. The van der Waals surface area contributed by atoms with Crippen LogP contribution in [0, 0.1) is 0 Å². The number of hydrogen-bond donors (Lipinski definition) is 0. The van der Waals surface area contributed by atoms with Gasteiger partial charge in [0.25, 0.3) is 0 Å². The molecule has 0 amide bonds. The van der Waals surface area contributed by atoms with Crippen LogP contribution in [0.25, 0.3) is 34.0 Å². The van der Waals surface area contributed by atoms with Crippen LogP contribution in [0.1, 0.15) is 0 Å². The lowest BCUT2D eigenvalue weighted by Crippen LogP contribution is -1.83. The Balaban J connectivity index is 1.60. The summed E-state index contributed by atoms with van der Waals surface area (Å²) in [6, 6.07) is 23.8. The molecule has 1 aromatic heterocycles. The van der Waals surface area contributed by atoms with Gasteiger partial charge in [0.2, 0.25) is 11.8 Å². The van der Waals surface area contributed by atoms with Crippen LogP contribution in [0.2, 0.25) is 0 Å². The quantitative estimate of drug-likeness (QED) is 0.426. The number of aromatic nitrogens is 2. The molecule has 4 aromatic rings. The number of hydrogen-bond acceptors (Lipinski definition) is 4. The fourth-order valence-corrected chi connectivity index (χ4v) is 3.13. The van der Waals surface area contributed by atoms with E-state index in [1.165, 1.54) is 0 Å². The molecular formula is C21H15BrN2O2. The zero-order valence-corrected chi connectivity index (χ0v) is 15.6. The highest BCUT2D eigenvalue weighted by atomic mass is 79.9. The molecule has 1 heterocycles. The Morgan fingerprint density at radius 2 is 1.31 bits per heavy atom. The first kappa shape index (κ1) is 16.5. The maximum atomic E-state index is 5.84. The van der Waals surface area contributed by atoms with E-state index in [-0.39, 0.29) is 0 Å². The summed E-state index contributed by atoms with van der Waals surface area (Å²) in [5.74, 6) is 1.83. The Morgan fingerprint density at radius 3 is 1.96 bits per heavy atom. The van der Waals surface area contributed by atoms with E-state index in [1.54, 1.807) is 7.11 Å². The lowest BCUT2D eigenvalue weighted by Gasteiger charge is -2.04. The summed E-state index contributed by atoms with van der Waals surface area (Å²) in [6.07, 6.45) is 0. The second-order valence-corrected chi connectivity index (χ2v) is 6.55. The SMILES string of the molecule is COc1ccc(-c2ccc(-c3nnc(-c4ccccc4Br)o3)cc2)cc1. The highest BCUT2D eigenvalue weighted by molar-refractivity contribution is 9.10. The van der Waals surface area contributed by atoms with E-state index in [4.69, 9.17) is 9.15 Å². The monoisotopic (exact) mass is 406 g/mol. The van der Waals surface area contributed by atoms with Gasteiger partial charge in [-0.05, 0) is 63.5 Å². The van der Waals surface area contributed by atoms with Crippen LogP contribution in [0.3, 0.4) is 0 Å². The minimum atomic E-state index is 0.492. The normalized spacial score (nSPS) is 10.7. The predicted octanol–water partition coefficient (Wildman–Crippen LogP) is 5.84. The summed E-state index contributed by atoms with van der Waals surface area (Å²) in [4.78, 5) is 0. The molecule has 0 unspecified atom stereocenters. The lowest BCUT2D eigenvalue weighted by molar-refractivity contribution is 0.415. The van der Waals surface area contributed by atoms with Crippen molar-refractivity contribution in [1.29, 1.82) is 0 Å². The van der Waals surface area contributed by atoms with E-state index in [1.807, 2.05) is 72.8 Å². The zero-order chi connectivity index (χ0) is 17.9. The Hall–Kier alpha value is -2.92. The molecule has 4 rings (SSSR count). The van der Waals surface area contributed by atoms with Gasteiger partial charge in [0.1, 0.15) is 5.75 Å². The molecule has 4 nitrogen and oxygen atoms in total. The zero-order valence-electron chi connectivity index (χ0n) is 14.0. The van der Waals surface area contributed by atoms with Gasteiger partial charge < -0.3 is 9.15 Å². The molecule has 0 aliphatic rings. The van der Waals surface area contributed by atoms with E-state index in [0.717, 1.165) is 32.5 Å². The van der Waals surface area contributed by atoms with Gasteiger partial charge in [0.05, 0.1) is 12.7 Å². The number of ether oxygens (including phenoxy) is 1. The largest absolute Gasteiger partial charge is 0.497 e. The third-order valence-electron chi connectivity index (χ3n) is 4.08. The summed E-state index contributed by atoms with van der Waals surface area (Å²) in [5, 5.41) is 8.34. The Labute approximate surface area is 159 Å². The topological polar surface area (TPSA) is 48.2 Å². The van der Waals surface area contributed by atoms with Gasteiger partial charge in [-0.15, -0.1) is 10.2 Å². The molecule has 128 valence electrons. The predicted molar refractivity (Wildman–Crippen MR) is 105 cm³/mol. The molecular weight excluding hydrogens is 392 g/mol. The van der Waals surface area contributed by atoms with Crippen molar-refractivity contribution in [2.24, 2.45) is 0 Å². The van der Waals surface area contributed by atoms with Gasteiger partial charge in [0, 0.05) is 10.0 Å². The van der Waals surface area contributed by atoms with E-state index >= 15 is 0 Å². The number of methoxy groups -OCH3 is 1. The molecule has 0 radical (unpaired) electrons. The molecule has 0 saturated heterocycles. The van der Waals surface area contributed by atoms with Crippen molar-refractivity contribution < 1.29 is 9.15 Å². The molecule has 5 heteroatoms. The van der Waals surface area contributed by atoms with Crippen molar-refractivity contribution in [3.8, 4) is 39.8 Å². The summed E-state index contributed by atoms with van der Waals surface area (Å²) < 4.78 is 12.0. The number of nitrogens with zero attached hydrogens (tertiary/aromatic N) is 2. The van der Waals surface area contributed by atoms with Gasteiger partial charge in [-0.2, -0.15) is 0 Å². The van der Waals surface area contributed by atoms with Crippen molar-refractivity contribution in [3.63, 3.8) is 0 Å². The minimum Gasteiger partial charge on any atom is -0.497 e. The summed E-state index contributed by atoms with van der Waals surface area (Å²) >= 11 is 3.51. The molecule has 0 fully saturated rings. The number of rotatable bonds is 4. The van der Waals surface area contributed by atoms with Gasteiger partial charge >= 0.3 is 0 Å². The minimum absolute atomic E-state index is 0.492. The van der Waals surface area contributed by atoms with Crippen molar-refractivity contribution in [2.75, 3.05) is 7.11 Å². The molecule has 26 heavy (non-hydrogen) atoms. The average molecular weight is 407 g/mol. The molecule has 0 spiro atoms. The molecule has 0 N–H and O–H groups in total. The molecule has 0 aliphatic carbocycles. The third kappa shape index (κ3) is 3.26. The number of halogens is 1. The van der Waals surface area contributed by atoms with Crippen LogP contribution in [-0.2, 0) is 0 Å². The maximum absolute atomic E-state index is 5.84. The van der Waals surface area contributed by atoms with Crippen LogP contribution in [-0.4, -0.2) is 17.3 Å². The van der Waals surface area contributed by atoms with E-state index in [0.29, 0.717) is 11.8 Å². The van der Waals surface area contributed by atoms with Gasteiger partial charge in [-0.3, -0.25) is 0 Å². The fraction of sp³-hybridized carbons (Fsp3) is 0.0476. The summed E-state index contributed by atoms with van der Waals surface area (Å²) in [5.41, 5.74) is 3.99. The van der Waals surface area contributed by atoms with E-state index in [2.05, 4.69) is 26.1 Å². The molecule has 0 saturated carbocycles. The van der Waals surface area contributed by atoms with Gasteiger partial charge in [0.15, 0.2) is 0 Å². The van der Waals surface area contributed by atoms with Gasteiger partial charge in [-0.1, -0.05) is 36.4 Å². The first-order valence-corrected chi connectivity index (χ1v) is 8.87. The third-order valence-corrected chi connectivity index (χ3v) is 4.78. The highest BCUT2D eigenvalue weighted by Crippen LogP contribution is 2.30. The first-order valence-electron chi connectivity index (χ1n) is 8.08. The first-order chi connectivity index (χ1) is 12.7. The van der Waals surface area contributed by atoms with E-state index < -0.39 is 0 Å². The summed E-state index contributed by atoms with van der Waals surface area (Å²) in [7, 11) is 1.66. The fourth-order valence-electron chi connectivity index (χ4n) is 2.67. The van der Waals surface area contributed by atoms with Crippen LogP contribution in [0.5, 0.6) is 5.75 Å². The second kappa shape index (κ2) is 7.14. The maximum Gasteiger partial charge on any atom is 0.249 e. The second-order valence-electron chi connectivity index (χ2n) is 5.70. The van der Waals surface area contributed by atoms with E-state index in [9.17, 15) is 0 Å². The Bertz CT molecular complexity index is 1020. The molecule has 0 bridgehead atoms. The van der Waals surface area contributed by atoms with Crippen LogP contribution in [0.4, 0.5) is 0 Å². The smallest absolute Gasteiger partial charge is 0.249 e. The van der Waals surface area contributed by atoms with Crippen LogP contribution in [0.15, 0.2) is 81.7 Å². The highest BCUT2D eigenvalue weighted by Gasteiger charge is 2.12. The van der Waals surface area contributed by atoms with Gasteiger partial charge in [-0.25, -0.2) is 0 Å². The van der Waals surface area contributed by atoms with Crippen LogP contribution >= 0.6 is 15.9 Å². The van der Waals surface area contributed by atoms with Crippen molar-refractivity contribution in [3.05, 3.63) is 77.3 Å². The van der Waals surface area contributed by atoms with Crippen molar-refractivity contribution in [1.82, 2.24) is 10.2 Å². The van der Waals surface area contributed by atoms with Crippen molar-refractivity contribution in [2.45, 2.75) is 0 Å². The molecule has 0 aliphatic heterocycles. The molecule has 0 atom stereocenters. The standard InChI is InChI=1S/C21H15BrN2O2/c1-25-17-12-10-15(11-13-17)14-6-8-16(9-7-14)20-23-24-21(26-20)18-4-2-3-5-19(18)22/h2-13H,1H3. The van der Waals surface area contributed by atoms with Crippen LogP contribution < -0.4 is 4.74 Å². The lowest BCUT2D eigenvalue weighted by atomic mass is 10.0.